The summed E-state index contributed by atoms with van der Waals surface area (Å²) in [6.45, 7) is 7.53. The van der Waals surface area contributed by atoms with Crippen molar-refractivity contribution >= 4 is 17.2 Å². The molecule has 0 radical (unpaired) electrons. The predicted octanol–water partition coefficient (Wildman–Crippen LogP) is 4.67. The zero-order chi connectivity index (χ0) is 24.0. The number of nitrogen functional groups attached to an aromatic ring is 1. The number of carbonyl (C=O) groups is 1. The lowest BCUT2D eigenvalue weighted by atomic mass is 9.89. The maximum absolute atomic E-state index is 13.2. The summed E-state index contributed by atoms with van der Waals surface area (Å²) >= 11 is 0. The van der Waals surface area contributed by atoms with Gasteiger partial charge in [0, 0.05) is 42.7 Å². The molecule has 5 rings (SSSR count). The van der Waals surface area contributed by atoms with Crippen LogP contribution in [0.5, 0.6) is 0 Å². The average Bonchev–Trinajstić information content (AvgIpc) is 3.51. The second kappa shape index (κ2) is 9.22. The second-order valence-electron chi connectivity index (χ2n) is 9.94. The highest BCUT2D eigenvalue weighted by atomic mass is 16.3. The molecule has 0 bridgehead atoms. The van der Waals surface area contributed by atoms with Crippen molar-refractivity contribution in [2.75, 3.05) is 19.3 Å². The number of hydrogen-bond acceptors (Lipinski definition) is 8. The maximum Gasteiger partial charge on any atom is 0.247 e. The van der Waals surface area contributed by atoms with Gasteiger partial charge in [0.2, 0.25) is 5.89 Å². The lowest BCUT2D eigenvalue weighted by Crippen LogP contribution is -2.26. The highest BCUT2D eigenvalue weighted by Crippen LogP contribution is 2.35. The largest absolute Gasteiger partial charge is 0.443 e. The normalized spacial score (nSPS) is 17.5. The predicted molar refractivity (Wildman–Crippen MR) is 136 cm³/mol. The van der Waals surface area contributed by atoms with E-state index in [1.807, 2.05) is 29.7 Å². The summed E-state index contributed by atoms with van der Waals surface area (Å²) in [4.78, 5) is 33.4. The molecule has 5 heterocycles. The van der Waals surface area contributed by atoms with E-state index >= 15 is 0 Å². The highest BCUT2D eigenvalue weighted by molar-refractivity contribution is 5.99. The lowest BCUT2D eigenvalue weighted by molar-refractivity contribution is 0.0966. The molecule has 0 spiro atoms. The Balaban J connectivity index is 0.00000289. The molecular weight excluding hydrogens is 442 g/mol. The monoisotopic (exact) mass is 475 g/mol. The van der Waals surface area contributed by atoms with Gasteiger partial charge >= 0.3 is 0 Å². The Morgan fingerprint density at radius 2 is 2.03 bits per heavy atom. The van der Waals surface area contributed by atoms with Gasteiger partial charge in [-0.3, -0.25) is 4.79 Å². The summed E-state index contributed by atoms with van der Waals surface area (Å²) in [5, 5.41) is 0. The Labute approximate surface area is 205 Å². The Morgan fingerprint density at radius 1 is 1.23 bits per heavy atom. The molecule has 0 aliphatic carbocycles. The number of carbonyl (C=O) groups excluding carboxylic acids is 1. The zero-order valence-corrected chi connectivity index (χ0v) is 19.9. The topological polar surface area (TPSA) is 115 Å². The Morgan fingerprint density at radius 3 is 2.71 bits per heavy atom. The van der Waals surface area contributed by atoms with E-state index in [9.17, 15) is 4.79 Å². The van der Waals surface area contributed by atoms with E-state index in [-0.39, 0.29) is 30.1 Å². The van der Waals surface area contributed by atoms with E-state index in [0.29, 0.717) is 29.7 Å². The number of nitrogens with zero attached hydrogens (tertiary/aromatic N) is 6. The van der Waals surface area contributed by atoms with Gasteiger partial charge < -0.3 is 19.5 Å². The van der Waals surface area contributed by atoms with Crippen molar-refractivity contribution in [2.45, 2.75) is 53.5 Å². The van der Waals surface area contributed by atoms with Gasteiger partial charge in [-0.25, -0.2) is 19.9 Å². The molecule has 184 valence electrons. The Bertz CT molecular complexity index is 1360. The first-order chi connectivity index (χ1) is 16.2. The van der Waals surface area contributed by atoms with Crippen LogP contribution in [-0.2, 0) is 0 Å². The summed E-state index contributed by atoms with van der Waals surface area (Å²) < 4.78 is 7.46. The van der Waals surface area contributed by atoms with Crippen LogP contribution in [0.2, 0.25) is 0 Å². The SMILES string of the molecule is C.Cc1cnc2ccc(-c3nc(C(=O)CCC4CC(C)(C)CN4C)c(N)nc3-c3ncco3)cn12. The number of aryl methyl sites for hydroxylation is 1. The first kappa shape index (κ1) is 24.5. The summed E-state index contributed by atoms with van der Waals surface area (Å²) in [6, 6.07) is 4.17. The molecule has 1 aliphatic rings. The van der Waals surface area contributed by atoms with Crippen LogP contribution in [0, 0.1) is 12.3 Å². The number of rotatable bonds is 6. The van der Waals surface area contributed by atoms with Gasteiger partial charge in [-0.2, -0.15) is 0 Å². The fourth-order valence-corrected chi connectivity index (χ4v) is 4.99. The van der Waals surface area contributed by atoms with Crippen molar-refractivity contribution in [3.63, 3.8) is 0 Å². The second-order valence-corrected chi connectivity index (χ2v) is 9.94. The maximum atomic E-state index is 13.2. The third-order valence-corrected chi connectivity index (χ3v) is 6.58. The molecular formula is C26H33N7O2. The molecule has 4 aromatic rings. The highest BCUT2D eigenvalue weighted by Gasteiger charge is 2.35. The summed E-state index contributed by atoms with van der Waals surface area (Å²) in [7, 11) is 2.12. The van der Waals surface area contributed by atoms with Crippen LogP contribution in [0.3, 0.4) is 0 Å². The minimum atomic E-state index is -0.108. The molecule has 35 heavy (non-hydrogen) atoms. The van der Waals surface area contributed by atoms with Gasteiger partial charge in [0.25, 0.3) is 0 Å². The number of aromatic nitrogens is 5. The standard InChI is InChI=1S/C25H29N7O2.CH4/c1-15-12-28-19-8-5-16(13-32(15)19)20-22(24-27-9-10-34-24)30-23(26)21(29-20)18(33)7-6-17-11-25(2,3)14-31(17)4;/h5,8-10,12-13,17H,6-7,11,14H2,1-4H3,(H2,26,30);1H4. The first-order valence-corrected chi connectivity index (χ1v) is 11.5. The Kier molecular flexibility index (Phi) is 6.46. The number of Topliss-reactive ketones (excluding diaryl/α,β-unsaturated/α-hetero) is 1. The summed E-state index contributed by atoms with van der Waals surface area (Å²) in [5.41, 5.74) is 10.1. The Hall–Kier alpha value is -3.59. The van der Waals surface area contributed by atoms with E-state index < -0.39 is 0 Å². The van der Waals surface area contributed by atoms with Crippen LogP contribution in [0.1, 0.15) is 56.7 Å². The molecule has 9 nitrogen and oxygen atoms in total. The number of anilines is 1. The van der Waals surface area contributed by atoms with Crippen molar-refractivity contribution in [3.05, 3.63) is 48.4 Å². The molecule has 1 unspecified atom stereocenters. The zero-order valence-electron chi connectivity index (χ0n) is 19.9. The van der Waals surface area contributed by atoms with Crippen molar-refractivity contribution in [3.8, 4) is 22.8 Å². The van der Waals surface area contributed by atoms with E-state index in [1.165, 1.54) is 6.26 Å². The molecule has 1 atom stereocenters. The minimum Gasteiger partial charge on any atom is -0.443 e. The van der Waals surface area contributed by atoms with Crippen LogP contribution in [0.25, 0.3) is 28.5 Å². The summed E-state index contributed by atoms with van der Waals surface area (Å²) in [5.74, 6) is 0.274. The molecule has 1 saturated heterocycles. The molecule has 1 aliphatic heterocycles. The van der Waals surface area contributed by atoms with Crippen LogP contribution >= 0.6 is 0 Å². The van der Waals surface area contributed by atoms with Gasteiger partial charge in [-0.05, 0) is 44.4 Å². The van der Waals surface area contributed by atoms with Crippen LogP contribution < -0.4 is 5.73 Å². The third-order valence-electron chi connectivity index (χ3n) is 6.58. The van der Waals surface area contributed by atoms with Crippen LogP contribution in [-0.4, -0.2) is 54.7 Å². The van der Waals surface area contributed by atoms with Gasteiger partial charge in [-0.15, -0.1) is 0 Å². The van der Waals surface area contributed by atoms with Crippen molar-refractivity contribution in [2.24, 2.45) is 5.41 Å². The molecule has 0 amide bonds. The van der Waals surface area contributed by atoms with E-state index in [1.54, 1.807) is 12.4 Å². The number of nitrogens with two attached hydrogens (primary N) is 1. The smallest absolute Gasteiger partial charge is 0.247 e. The molecule has 4 aromatic heterocycles. The first-order valence-electron chi connectivity index (χ1n) is 11.5. The van der Waals surface area contributed by atoms with Gasteiger partial charge in [0.15, 0.2) is 17.3 Å². The van der Waals surface area contributed by atoms with Crippen molar-refractivity contribution in [1.82, 2.24) is 29.2 Å². The molecule has 9 heteroatoms. The van der Waals surface area contributed by atoms with Gasteiger partial charge in [0.1, 0.15) is 23.3 Å². The third kappa shape index (κ3) is 4.68. The van der Waals surface area contributed by atoms with Crippen molar-refractivity contribution in [1.29, 1.82) is 0 Å². The van der Waals surface area contributed by atoms with Crippen molar-refractivity contribution < 1.29 is 9.21 Å². The van der Waals surface area contributed by atoms with E-state index in [2.05, 4.69) is 40.7 Å². The number of imidazole rings is 1. The average molecular weight is 476 g/mol. The quantitative estimate of drug-likeness (QED) is 0.400. The van der Waals surface area contributed by atoms with E-state index in [4.69, 9.17) is 15.1 Å². The minimum absolute atomic E-state index is 0. The summed E-state index contributed by atoms with van der Waals surface area (Å²) in [6.07, 6.45) is 8.93. The molecule has 0 aromatic carbocycles. The number of pyridine rings is 1. The number of ketones is 1. The fourth-order valence-electron chi connectivity index (χ4n) is 4.99. The molecule has 0 saturated carbocycles. The van der Waals surface area contributed by atoms with E-state index in [0.717, 1.165) is 36.3 Å². The lowest BCUT2D eigenvalue weighted by Gasteiger charge is -2.18. The van der Waals surface area contributed by atoms with Crippen LogP contribution in [0.4, 0.5) is 5.82 Å². The van der Waals surface area contributed by atoms with Gasteiger partial charge in [0.05, 0.1) is 6.20 Å². The number of oxazole rings is 1. The van der Waals surface area contributed by atoms with Gasteiger partial charge in [-0.1, -0.05) is 21.3 Å². The fraction of sp³-hybridized carbons (Fsp3) is 0.423. The molecule has 1 fully saturated rings. The van der Waals surface area contributed by atoms with Crippen LogP contribution in [0.15, 0.2) is 41.4 Å². The number of likely N-dealkylation sites (tertiary alicyclic amines) is 1. The number of hydrogen-bond donors (Lipinski definition) is 1. The molecule has 2 N–H and O–H groups in total. The number of fused-ring (bicyclic) bond motifs is 1.